The number of benzene rings is 2. The Morgan fingerprint density at radius 3 is 2.50 bits per heavy atom. The molecule has 0 fully saturated rings. The molecule has 1 N–H and O–H groups in total. The van der Waals surface area contributed by atoms with Gasteiger partial charge in [-0.05, 0) is 49.4 Å². The monoisotopic (exact) mass is 533 g/mol. The van der Waals surface area contributed by atoms with Crippen LogP contribution in [0.25, 0.3) is 11.3 Å². The number of furan rings is 1. The Kier molecular flexibility index (Phi) is 8.73. The molecular weight excluding hydrogens is 510 g/mol. The van der Waals surface area contributed by atoms with Crippen LogP contribution in [0, 0.1) is 0 Å². The number of sulfonamides is 1. The summed E-state index contributed by atoms with van der Waals surface area (Å²) in [6.07, 6.45) is 2.24. The summed E-state index contributed by atoms with van der Waals surface area (Å²) in [5.74, 6) is 0.000562. The van der Waals surface area contributed by atoms with E-state index in [4.69, 9.17) is 25.5 Å². The summed E-state index contributed by atoms with van der Waals surface area (Å²) in [7, 11) is -2.47. The molecule has 0 saturated heterocycles. The van der Waals surface area contributed by atoms with Gasteiger partial charge in [-0.1, -0.05) is 23.7 Å². The number of hydrazone groups is 1. The molecule has 0 unspecified atom stereocenters. The number of ether oxygens (including phenoxy) is 2. The van der Waals surface area contributed by atoms with E-state index >= 15 is 0 Å². The number of rotatable bonds is 10. The third-order valence-electron chi connectivity index (χ3n) is 4.79. The number of carbonyl (C=O) groups excluding carboxylic acids is 2. The zero-order chi connectivity index (χ0) is 26.3. The van der Waals surface area contributed by atoms with Crippen LogP contribution in [0.15, 0.2) is 64.1 Å². The highest BCUT2D eigenvalue weighted by molar-refractivity contribution is 7.92. The Hall–Kier alpha value is -3.83. The predicted octanol–water partition coefficient (Wildman–Crippen LogP) is 3.70. The molecule has 2 aromatic carbocycles. The Morgan fingerprint density at radius 1 is 1.14 bits per heavy atom. The van der Waals surface area contributed by atoms with Gasteiger partial charge in [0.15, 0.2) is 0 Å². The first kappa shape index (κ1) is 26.8. The van der Waals surface area contributed by atoms with Crippen molar-refractivity contribution in [2.75, 3.05) is 30.8 Å². The third-order valence-corrected chi connectivity index (χ3v) is 6.15. The first-order chi connectivity index (χ1) is 17.1. The van der Waals surface area contributed by atoms with Crippen molar-refractivity contribution in [1.82, 2.24) is 5.43 Å². The molecule has 1 aromatic heterocycles. The van der Waals surface area contributed by atoms with Gasteiger partial charge in [-0.3, -0.25) is 9.10 Å². The van der Waals surface area contributed by atoms with Gasteiger partial charge in [0.25, 0.3) is 5.91 Å². The SMILES string of the molecule is CCOC(=O)c1ccc(-c2ccc(/C=N\NC(=O)CN(c3cc(Cl)ccc3OC)S(C)(=O)=O)o2)cc1. The Bertz CT molecular complexity index is 1370. The lowest BCUT2D eigenvalue weighted by atomic mass is 10.1. The molecule has 190 valence electrons. The summed E-state index contributed by atoms with van der Waals surface area (Å²) in [4.78, 5) is 24.2. The van der Waals surface area contributed by atoms with Gasteiger partial charge in [0.1, 0.15) is 23.8 Å². The maximum Gasteiger partial charge on any atom is 0.338 e. The average molecular weight is 534 g/mol. The van der Waals surface area contributed by atoms with Crippen LogP contribution >= 0.6 is 11.6 Å². The molecule has 1 heterocycles. The van der Waals surface area contributed by atoms with Crippen LogP contribution in [0.4, 0.5) is 5.69 Å². The lowest BCUT2D eigenvalue weighted by molar-refractivity contribution is -0.119. The second-order valence-electron chi connectivity index (χ2n) is 7.38. The van der Waals surface area contributed by atoms with Crippen LogP contribution in [0.1, 0.15) is 23.0 Å². The molecule has 0 spiro atoms. The summed E-state index contributed by atoms with van der Waals surface area (Å²) in [6.45, 7) is 1.47. The van der Waals surface area contributed by atoms with E-state index in [0.29, 0.717) is 23.7 Å². The van der Waals surface area contributed by atoms with E-state index in [1.165, 1.54) is 25.5 Å². The normalized spacial score (nSPS) is 11.3. The molecule has 0 atom stereocenters. The molecule has 0 bridgehead atoms. The van der Waals surface area contributed by atoms with Crippen molar-refractivity contribution in [3.8, 4) is 17.1 Å². The highest BCUT2D eigenvalue weighted by Gasteiger charge is 2.24. The van der Waals surface area contributed by atoms with Crippen molar-refractivity contribution in [2.24, 2.45) is 5.10 Å². The molecule has 0 aliphatic heterocycles. The summed E-state index contributed by atoms with van der Waals surface area (Å²) >= 11 is 6.00. The summed E-state index contributed by atoms with van der Waals surface area (Å²) in [6, 6.07) is 14.5. The standard InChI is InChI=1S/C24H24ClN3O7S/c1-4-34-24(30)17-7-5-16(6-8-17)21-12-10-19(35-21)14-26-27-23(29)15-28(36(3,31)32)20-13-18(25)9-11-22(20)33-2/h5-14H,4,15H2,1-3H3,(H,27,29)/b26-14-. The molecule has 0 aliphatic rings. The number of anilines is 1. The number of carbonyl (C=O) groups is 2. The van der Waals surface area contributed by atoms with Crippen molar-refractivity contribution in [3.63, 3.8) is 0 Å². The fourth-order valence-corrected chi connectivity index (χ4v) is 4.15. The number of esters is 1. The molecule has 0 saturated carbocycles. The van der Waals surface area contributed by atoms with Crippen molar-refractivity contribution in [1.29, 1.82) is 0 Å². The predicted molar refractivity (Wildman–Crippen MR) is 136 cm³/mol. The smallest absolute Gasteiger partial charge is 0.338 e. The Labute approximate surface area is 213 Å². The average Bonchev–Trinajstić information content (AvgIpc) is 3.31. The molecule has 0 aliphatic carbocycles. The summed E-state index contributed by atoms with van der Waals surface area (Å²) < 4.78 is 41.4. The summed E-state index contributed by atoms with van der Waals surface area (Å²) in [5.41, 5.74) is 3.55. The van der Waals surface area contributed by atoms with Crippen molar-refractivity contribution >= 4 is 45.4 Å². The fraction of sp³-hybridized carbons (Fsp3) is 0.208. The first-order valence-corrected chi connectivity index (χ1v) is 12.9. The van der Waals surface area contributed by atoms with Gasteiger partial charge in [0, 0.05) is 10.6 Å². The molecule has 10 nitrogen and oxygen atoms in total. The van der Waals surface area contributed by atoms with E-state index in [1.807, 2.05) is 0 Å². The number of amides is 1. The molecule has 3 rings (SSSR count). The van der Waals surface area contributed by atoms with Gasteiger partial charge in [0.05, 0.1) is 37.4 Å². The molecule has 0 radical (unpaired) electrons. The van der Waals surface area contributed by atoms with Crippen LogP contribution in [0.5, 0.6) is 5.75 Å². The van der Waals surface area contributed by atoms with E-state index in [2.05, 4.69) is 10.5 Å². The lowest BCUT2D eigenvalue weighted by Gasteiger charge is -2.23. The molecular formula is C24H24ClN3O7S. The number of halogens is 1. The van der Waals surface area contributed by atoms with Gasteiger partial charge in [-0.15, -0.1) is 0 Å². The minimum atomic E-state index is -3.84. The molecule has 36 heavy (non-hydrogen) atoms. The number of nitrogens with zero attached hydrogens (tertiary/aromatic N) is 2. The maximum atomic E-state index is 12.4. The number of nitrogens with one attached hydrogen (secondary N) is 1. The maximum absolute atomic E-state index is 12.4. The van der Waals surface area contributed by atoms with Crippen molar-refractivity contribution in [2.45, 2.75) is 6.92 Å². The van der Waals surface area contributed by atoms with Gasteiger partial charge in [0.2, 0.25) is 10.0 Å². The van der Waals surface area contributed by atoms with Crippen LogP contribution in [0.2, 0.25) is 5.02 Å². The van der Waals surface area contributed by atoms with E-state index in [9.17, 15) is 18.0 Å². The second kappa shape index (κ2) is 11.7. The zero-order valence-electron chi connectivity index (χ0n) is 19.7. The van der Waals surface area contributed by atoms with Crippen LogP contribution in [0.3, 0.4) is 0 Å². The second-order valence-corrected chi connectivity index (χ2v) is 9.72. The van der Waals surface area contributed by atoms with E-state index in [0.717, 1.165) is 16.1 Å². The Morgan fingerprint density at radius 2 is 1.86 bits per heavy atom. The van der Waals surface area contributed by atoms with Crippen LogP contribution < -0.4 is 14.5 Å². The van der Waals surface area contributed by atoms with E-state index < -0.39 is 28.4 Å². The highest BCUT2D eigenvalue weighted by atomic mass is 35.5. The topological polar surface area (TPSA) is 128 Å². The molecule has 3 aromatic rings. The Balaban J connectivity index is 1.66. The van der Waals surface area contributed by atoms with Crippen LogP contribution in [-0.2, 0) is 19.6 Å². The van der Waals surface area contributed by atoms with E-state index in [1.54, 1.807) is 49.4 Å². The van der Waals surface area contributed by atoms with Gasteiger partial charge in [-0.2, -0.15) is 5.10 Å². The summed E-state index contributed by atoms with van der Waals surface area (Å²) in [5, 5.41) is 4.12. The highest BCUT2D eigenvalue weighted by Crippen LogP contribution is 2.32. The van der Waals surface area contributed by atoms with E-state index in [-0.39, 0.29) is 16.5 Å². The fourth-order valence-electron chi connectivity index (χ4n) is 3.14. The number of methoxy groups -OCH3 is 1. The van der Waals surface area contributed by atoms with Gasteiger partial charge < -0.3 is 13.9 Å². The first-order valence-electron chi connectivity index (χ1n) is 10.6. The quantitative estimate of drug-likeness (QED) is 0.239. The number of hydrogen-bond acceptors (Lipinski definition) is 8. The third kappa shape index (κ3) is 6.86. The van der Waals surface area contributed by atoms with Gasteiger partial charge >= 0.3 is 5.97 Å². The van der Waals surface area contributed by atoms with Crippen molar-refractivity contribution in [3.05, 3.63) is 70.9 Å². The number of hydrogen-bond donors (Lipinski definition) is 1. The van der Waals surface area contributed by atoms with Crippen LogP contribution in [-0.4, -0.2) is 53.0 Å². The lowest BCUT2D eigenvalue weighted by Crippen LogP contribution is -2.39. The minimum absolute atomic E-state index is 0.122. The molecule has 12 heteroatoms. The largest absolute Gasteiger partial charge is 0.495 e. The molecule has 1 amide bonds. The zero-order valence-corrected chi connectivity index (χ0v) is 21.3. The van der Waals surface area contributed by atoms with Gasteiger partial charge in [-0.25, -0.2) is 18.6 Å². The minimum Gasteiger partial charge on any atom is -0.495 e. The van der Waals surface area contributed by atoms with Crippen molar-refractivity contribution < 1.29 is 31.9 Å².